The smallest absolute Gasteiger partial charge is 0.402 e. The van der Waals surface area contributed by atoms with Crippen LogP contribution in [0.15, 0.2) is 28.7 Å². The van der Waals surface area contributed by atoms with Crippen LogP contribution in [0.1, 0.15) is 39.2 Å². The van der Waals surface area contributed by atoms with Crippen molar-refractivity contribution in [2.24, 2.45) is 5.73 Å². The first-order valence-electron chi connectivity index (χ1n) is 6.10. The van der Waals surface area contributed by atoms with Gasteiger partial charge in [-0.2, -0.15) is 0 Å². The molecule has 1 aromatic rings. The minimum Gasteiger partial charge on any atom is -0.402 e. The van der Waals surface area contributed by atoms with E-state index in [-0.39, 0.29) is 17.1 Å². The van der Waals surface area contributed by atoms with Crippen molar-refractivity contribution in [1.29, 1.82) is 0 Å². The lowest BCUT2D eigenvalue weighted by atomic mass is 9.75. The zero-order chi connectivity index (χ0) is 13.6. The first kappa shape index (κ1) is 14.1. The minimum atomic E-state index is -0.423. The monoisotopic (exact) mass is 311 g/mol. The molecule has 2 N–H and O–H groups in total. The van der Waals surface area contributed by atoms with E-state index in [1.54, 1.807) is 0 Å². The van der Waals surface area contributed by atoms with E-state index in [0.717, 1.165) is 10.0 Å². The Morgan fingerprint density at radius 2 is 1.61 bits per heavy atom. The van der Waals surface area contributed by atoms with E-state index in [9.17, 15) is 0 Å². The maximum atomic E-state index is 6.26. The molecule has 0 aromatic heterocycles. The zero-order valence-corrected chi connectivity index (χ0v) is 12.8. The van der Waals surface area contributed by atoms with E-state index in [2.05, 4.69) is 15.9 Å². The molecule has 1 aliphatic heterocycles. The Balaban J connectivity index is 2.23. The van der Waals surface area contributed by atoms with E-state index in [1.165, 1.54) is 0 Å². The van der Waals surface area contributed by atoms with Crippen LogP contribution in [0.5, 0.6) is 0 Å². The third-order valence-corrected chi connectivity index (χ3v) is 4.55. The fourth-order valence-electron chi connectivity index (χ4n) is 1.93. The van der Waals surface area contributed by atoms with Crippen molar-refractivity contribution in [3.05, 3.63) is 34.3 Å². The second-order valence-corrected chi connectivity index (χ2v) is 6.53. The Labute approximate surface area is 117 Å². The lowest BCUT2D eigenvalue weighted by Gasteiger charge is -2.32. The largest absolute Gasteiger partial charge is 0.480 e. The van der Waals surface area contributed by atoms with Gasteiger partial charge in [0.05, 0.1) is 17.1 Å². The molecule has 0 aliphatic carbocycles. The van der Waals surface area contributed by atoms with Crippen LogP contribution in [-0.2, 0) is 9.31 Å². The number of hydrogen-bond acceptors (Lipinski definition) is 3. The second kappa shape index (κ2) is 4.64. The van der Waals surface area contributed by atoms with Crippen molar-refractivity contribution in [3.63, 3.8) is 0 Å². The highest BCUT2D eigenvalue weighted by atomic mass is 79.9. The predicted octanol–water partition coefficient (Wildman–Crippen LogP) is 3.08. The molecule has 2 rings (SSSR count). The van der Waals surface area contributed by atoms with Gasteiger partial charge in [-0.25, -0.2) is 0 Å². The van der Waals surface area contributed by atoms with Gasteiger partial charge in [-0.3, -0.25) is 0 Å². The predicted molar refractivity (Wildman–Crippen MR) is 77.2 cm³/mol. The Kier molecular flexibility index (Phi) is 3.62. The van der Waals surface area contributed by atoms with Gasteiger partial charge in [-0.05, 0) is 39.3 Å². The highest BCUT2D eigenvalue weighted by Gasteiger charge is 2.53. The molecule has 0 spiro atoms. The van der Waals surface area contributed by atoms with Crippen molar-refractivity contribution >= 4 is 23.0 Å². The van der Waals surface area contributed by atoms with Crippen LogP contribution in [-0.4, -0.2) is 18.3 Å². The molecule has 0 saturated carbocycles. The molecule has 3 nitrogen and oxygen atoms in total. The Morgan fingerprint density at radius 1 is 1.11 bits per heavy atom. The normalized spacial score (nSPS) is 23.1. The van der Waals surface area contributed by atoms with Crippen LogP contribution in [0.3, 0.4) is 0 Å². The molecule has 0 radical (unpaired) electrons. The fraction of sp³-hybridized carbons (Fsp3) is 0.538. The van der Waals surface area contributed by atoms with Gasteiger partial charge in [0, 0.05) is 4.47 Å². The molecule has 1 atom stereocenters. The summed E-state index contributed by atoms with van der Waals surface area (Å²) in [5.74, 6) is -0.304. The van der Waals surface area contributed by atoms with E-state index in [0.29, 0.717) is 0 Å². The number of benzene rings is 1. The van der Waals surface area contributed by atoms with Gasteiger partial charge in [0.1, 0.15) is 0 Å². The molecule has 0 unspecified atom stereocenters. The summed E-state index contributed by atoms with van der Waals surface area (Å²) >= 11 is 3.51. The van der Waals surface area contributed by atoms with Gasteiger partial charge >= 0.3 is 7.12 Å². The highest BCUT2D eigenvalue weighted by Crippen LogP contribution is 2.40. The molecule has 1 saturated heterocycles. The summed E-state index contributed by atoms with van der Waals surface area (Å²) < 4.78 is 12.9. The van der Waals surface area contributed by atoms with Crippen LogP contribution in [0.2, 0.25) is 0 Å². The van der Waals surface area contributed by atoms with Crippen molar-refractivity contribution in [2.75, 3.05) is 0 Å². The number of halogens is 1. The molecule has 5 heteroatoms. The third kappa shape index (κ3) is 2.37. The van der Waals surface area contributed by atoms with Crippen molar-refractivity contribution in [2.45, 2.75) is 44.8 Å². The Morgan fingerprint density at radius 3 is 2.11 bits per heavy atom. The standard InChI is InChI=1S/C13H19BBrNO2/c1-12(2)13(3,4)18-14(17-12)11(16)9-7-5-6-8-10(9)15/h5-8,11H,16H2,1-4H3/t11-/m0/s1. The molecule has 0 amide bonds. The molecule has 1 aliphatic rings. The van der Waals surface area contributed by atoms with E-state index < -0.39 is 7.12 Å². The summed E-state index contributed by atoms with van der Waals surface area (Å²) in [5, 5.41) is 0. The van der Waals surface area contributed by atoms with Gasteiger partial charge < -0.3 is 15.0 Å². The molecule has 1 aromatic carbocycles. The van der Waals surface area contributed by atoms with Gasteiger partial charge in [0.15, 0.2) is 0 Å². The highest BCUT2D eigenvalue weighted by molar-refractivity contribution is 9.10. The van der Waals surface area contributed by atoms with Crippen LogP contribution in [0.25, 0.3) is 0 Å². The molecular formula is C13H19BBrNO2. The van der Waals surface area contributed by atoms with Crippen LogP contribution < -0.4 is 5.73 Å². The summed E-state index contributed by atoms with van der Waals surface area (Å²) in [4.78, 5) is 0. The molecule has 1 heterocycles. The van der Waals surface area contributed by atoms with Crippen molar-refractivity contribution in [1.82, 2.24) is 0 Å². The lowest BCUT2D eigenvalue weighted by Crippen LogP contribution is -2.41. The first-order valence-corrected chi connectivity index (χ1v) is 6.89. The van der Waals surface area contributed by atoms with Crippen LogP contribution in [0, 0.1) is 0 Å². The first-order chi connectivity index (χ1) is 8.24. The Hall–Kier alpha value is -0.355. The van der Waals surface area contributed by atoms with Gasteiger partial charge in [0.25, 0.3) is 0 Å². The van der Waals surface area contributed by atoms with E-state index >= 15 is 0 Å². The van der Waals surface area contributed by atoms with Gasteiger partial charge in [-0.1, -0.05) is 34.1 Å². The van der Waals surface area contributed by atoms with E-state index in [1.807, 2.05) is 52.0 Å². The summed E-state index contributed by atoms with van der Waals surface area (Å²) in [5.41, 5.74) is 6.56. The number of hydrogen-bond donors (Lipinski definition) is 1. The fourth-order valence-corrected chi connectivity index (χ4v) is 2.48. The van der Waals surface area contributed by atoms with Gasteiger partial charge in [0.2, 0.25) is 0 Å². The SMILES string of the molecule is CC1(C)OB([C@@H](N)c2ccccc2Br)OC1(C)C. The lowest BCUT2D eigenvalue weighted by molar-refractivity contribution is 0.00578. The number of rotatable bonds is 2. The molecule has 98 valence electrons. The third-order valence-electron chi connectivity index (χ3n) is 3.83. The molecule has 18 heavy (non-hydrogen) atoms. The summed E-state index contributed by atoms with van der Waals surface area (Å²) in [6.45, 7) is 8.11. The van der Waals surface area contributed by atoms with Crippen LogP contribution >= 0.6 is 15.9 Å². The Bertz CT molecular complexity index is 434. The van der Waals surface area contributed by atoms with Crippen LogP contribution in [0.4, 0.5) is 0 Å². The second-order valence-electron chi connectivity index (χ2n) is 5.67. The molecule has 0 bridgehead atoms. The topological polar surface area (TPSA) is 44.5 Å². The minimum absolute atomic E-state index is 0.304. The average Bonchev–Trinajstić information content (AvgIpc) is 2.48. The molecule has 1 fully saturated rings. The zero-order valence-electron chi connectivity index (χ0n) is 11.2. The summed E-state index contributed by atoms with van der Waals surface area (Å²) in [7, 11) is -0.423. The molecular weight excluding hydrogens is 293 g/mol. The maximum Gasteiger partial charge on any atom is 0.480 e. The number of nitrogens with two attached hydrogens (primary N) is 1. The summed E-state index contributed by atoms with van der Waals surface area (Å²) in [6, 6.07) is 7.88. The van der Waals surface area contributed by atoms with Crippen molar-refractivity contribution in [3.8, 4) is 0 Å². The van der Waals surface area contributed by atoms with Gasteiger partial charge in [-0.15, -0.1) is 0 Å². The quantitative estimate of drug-likeness (QED) is 0.854. The summed E-state index contributed by atoms with van der Waals surface area (Å²) in [6.07, 6.45) is 0. The average molecular weight is 312 g/mol. The maximum absolute atomic E-state index is 6.26. The van der Waals surface area contributed by atoms with Crippen molar-refractivity contribution < 1.29 is 9.31 Å². The van der Waals surface area contributed by atoms with E-state index in [4.69, 9.17) is 15.0 Å².